The lowest BCUT2D eigenvalue weighted by Gasteiger charge is -2.28. The molecule has 1 aliphatic heterocycles. The van der Waals surface area contributed by atoms with Crippen molar-refractivity contribution in [2.24, 2.45) is 0 Å². The van der Waals surface area contributed by atoms with E-state index in [9.17, 15) is 13.6 Å². The molecule has 1 saturated heterocycles. The summed E-state index contributed by atoms with van der Waals surface area (Å²) in [6.45, 7) is -2.57. The van der Waals surface area contributed by atoms with Crippen molar-refractivity contribution in [1.82, 2.24) is 10.3 Å². The standard InChI is InChI=1S/C17H18F2N2O4/c18-17(19)25-13-3-1-10-5-11(7-20-15(10)6-13)16(23)21-12-2-4-14(8-22)24-9-12/h1,3,5-7,12,14,17,22H,2,4,8-9H2,(H,21,23)/t12?,14-/m0/s1. The topological polar surface area (TPSA) is 80.7 Å². The second-order valence-corrected chi connectivity index (χ2v) is 5.84. The van der Waals surface area contributed by atoms with Crippen LogP contribution < -0.4 is 10.1 Å². The van der Waals surface area contributed by atoms with Crippen LogP contribution in [0.25, 0.3) is 10.9 Å². The van der Waals surface area contributed by atoms with Crippen LogP contribution in [-0.2, 0) is 4.74 Å². The zero-order chi connectivity index (χ0) is 17.8. The molecule has 134 valence electrons. The summed E-state index contributed by atoms with van der Waals surface area (Å²) >= 11 is 0. The minimum absolute atomic E-state index is 0.0185. The van der Waals surface area contributed by atoms with E-state index in [1.54, 1.807) is 12.1 Å². The molecule has 0 bridgehead atoms. The van der Waals surface area contributed by atoms with Gasteiger partial charge in [0.1, 0.15) is 5.75 Å². The molecular weight excluding hydrogens is 334 g/mol. The fourth-order valence-corrected chi connectivity index (χ4v) is 2.73. The monoisotopic (exact) mass is 352 g/mol. The van der Waals surface area contributed by atoms with Crippen molar-refractivity contribution in [3.63, 3.8) is 0 Å². The zero-order valence-electron chi connectivity index (χ0n) is 13.3. The van der Waals surface area contributed by atoms with Crippen LogP contribution in [0.2, 0.25) is 0 Å². The van der Waals surface area contributed by atoms with Gasteiger partial charge < -0.3 is 19.9 Å². The number of benzene rings is 1. The molecule has 0 saturated carbocycles. The Hall–Kier alpha value is -2.32. The molecule has 3 rings (SSSR count). The summed E-state index contributed by atoms with van der Waals surface area (Å²) in [4.78, 5) is 16.5. The predicted octanol–water partition coefficient (Wildman–Crippen LogP) is 2.11. The van der Waals surface area contributed by atoms with Crippen molar-refractivity contribution < 1.29 is 28.2 Å². The Morgan fingerprint density at radius 1 is 1.40 bits per heavy atom. The molecule has 2 aromatic rings. The Labute approximate surface area is 142 Å². The summed E-state index contributed by atoms with van der Waals surface area (Å²) in [6, 6.07) is 5.90. The van der Waals surface area contributed by atoms with Crippen LogP contribution in [0, 0.1) is 0 Å². The fourth-order valence-electron chi connectivity index (χ4n) is 2.73. The van der Waals surface area contributed by atoms with E-state index in [1.165, 1.54) is 18.3 Å². The van der Waals surface area contributed by atoms with Crippen molar-refractivity contribution in [2.75, 3.05) is 13.2 Å². The lowest BCUT2D eigenvalue weighted by molar-refractivity contribution is -0.0497. The summed E-state index contributed by atoms with van der Waals surface area (Å²) in [5, 5.41) is 12.6. The minimum Gasteiger partial charge on any atom is -0.435 e. The SMILES string of the molecule is O=C(NC1CC[C@@H](CO)OC1)c1cnc2cc(OC(F)F)ccc2c1. The largest absolute Gasteiger partial charge is 0.435 e. The number of rotatable bonds is 5. The molecule has 1 aromatic heterocycles. The van der Waals surface area contributed by atoms with E-state index in [0.717, 1.165) is 6.42 Å². The third kappa shape index (κ3) is 4.40. The molecule has 1 fully saturated rings. The molecule has 2 atom stereocenters. The van der Waals surface area contributed by atoms with Gasteiger partial charge in [0.05, 0.1) is 36.4 Å². The number of halogens is 2. The smallest absolute Gasteiger partial charge is 0.387 e. The number of nitrogens with zero attached hydrogens (tertiary/aromatic N) is 1. The molecule has 1 aromatic carbocycles. The maximum absolute atomic E-state index is 12.3. The van der Waals surface area contributed by atoms with Crippen molar-refractivity contribution in [3.05, 3.63) is 36.0 Å². The van der Waals surface area contributed by atoms with E-state index in [-0.39, 0.29) is 30.4 Å². The molecule has 1 aliphatic rings. The third-order valence-electron chi connectivity index (χ3n) is 4.05. The summed E-state index contributed by atoms with van der Waals surface area (Å²) in [6.07, 6.45) is 2.64. The second kappa shape index (κ2) is 7.71. The van der Waals surface area contributed by atoms with Crippen molar-refractivity contribution >= 4 is 16.8 Å². The summed E-state index contributed by atoms with van der Waals surface area (Å²) < 4.78 is 34.3. The number of fused-ring (bicyclic) bond motifs is 1. The molecule has 0 spiro atoms. The van der Waals surface area contributed by atoms with Crippen molar-refractivity contribution in [1.29, 1.82) is 0 Å². The van der Waals surface area contributed by atoms with Crippen molar-refractivity contribution in [3.8, 4) is 5.75 Å². The number of aliphatic hydroxyl groups excluding tert-OH is 1. The van der Waals surface area contributed by atoms with Crippen LogP contribution in [0.1, 0.15) is 23.2 Å². The number of hydrogen-bond acceptors (Lipinski definition) is 5. The van der Waals surface area contributed by atoms with E-state index in [4.69, 9.17) is 9.84 Å². The highest BCUT2D eigenvalue weighted by Crippen LogP contribution is 2.22. The average molecular weight is 352 g/mol. The Morgan fingerprint density at radius 2 is 2.24 bits per heavy atom. The van der Waals surface area contributed by atoms with Crippen LogP contribution in [0.5, 0.6) is 5.75 Å². The maximum Gasteiger partial charge on any atom is 0.387 e. The molecule has 8 heteroatoms. The minimum atomic E-state index is -2.90. The van der Waals surface area contributed by atoms with Gasteiger partial charge in [-0.1, -0.05) is 0 Å². The first kappa shape index (κ1) is 17.5. The van der Waals surface area contributed by atoms with Gasteiger partial charge in [-0.3, -0.25) is 9.78 Å². The van der Waals surface area contributed by atoms with Gasteiger partial charge in [0.2, 0.25) is 0 Å². The highest BCUT2D eigenvalue weighted by molar-refractivity contribution is 5.97. The number of ether oxygens (including phenoxy) is 2. The third-order valence-corrected chi connectivity index (χ3v) is 4.05. The van der Waals surface area contributed by atoms with Gasteiger partial charge in [0, 0.05) is 17.6 Å². The number of alkyl halides is 2. The number of aliphatic hydroxyl groups is 1. The lowest BCUT2D eigenvalue weighted by atomic mass is 10.0. The lowest BCUT2D eigenvalue weighted by Crippen LogP contribution is -2.43. The number of pyridine rings is 1. The summed E-state index contributed by atoms with van der Waals surface area (Å²) in [5.74, 6) is -0.261. The first-order valence-electron chi connectivity index (χ1n) is 7.93. The molecule has 25 heavy (non-hydrogen) atoms. The van der Waals surface area contributed by atoms with Crippen LogP contribution in [0.15, 0.2) is 30.5 Å². The second-order valence-electron chi connectivity index (χ2n) is 5.84. The molecule has 6 nitrogen and oxygen atoms in total. The normalized spacial score (nSPS) is 20.6. The van der Waals surface area contributed by atoms with Gasteiger partial charge in [-0.2, -0.15) is 8.78 Å². The van der Waals surface area contributed by atoms with Gasteiger partial charge in [-0.25, -0.2) is 0 Å². The summed E-state index contributed by atoms with van der Waals surface area (Å²) in [5.41, 5.74) is 0.834. The Kier molecular flexibility index (Phi) is 5.40. The number of hydrogen-bond donors (Lipinski definition) is 2. The zero-order valence-corrected chi connectivity index (χ0v) is 13.3. The first-order valence-corrected chi connectivity index (χ1v) is 7.93. The molecule has 1 unspecified atom stereocenters. The Morgan fingerprint density at radius 3 is 2.92 bits per heavy atom. The number of carbonyl (C=O) groups excluding carboxylic acids is 1. The van der Waals surface area contributed by atoms with Crippen LogP contribution >= 0.6 is 0 Å². The summed E-state index contributed by atoms with van der Waals surface area (Å²) in [7, 11) is 0. The van der Waals surface area contributed by atoms with Gasteiger partial charge in [0.15, 0.2) is 0 Å². The molecule has 1 amide bonds. The van der Waals surface area contributed by atoms with Gasteiger partial charge in [0.25, 0.3) is 5.91 Å². The molecule has 0 aliphatic carbocycles. The number of nitrogens with one attached hydrogen (secondary N) is 1. The van der Waals surface area contributed by atoms with E-state index >= 15 is 0 Å². The highest BCUT2D eigenvalue weighted by atomic mass is 19.3. The van der Waals surface area contributed by atoms with E-state index < -0.39 is 6.61 Å². The molecule has 2 heterocycles. The number of aromatic nitrogens is 1. The fraction of sp³-hybridized carbons (Fsp3) is 0.412. The molecular formula is C17H18F2N2O4. The van der Waals surface area contributed by atoms with Crippen molar-refractivity contribution in [2.45, 2.75) is 31.6 Å². The van der Waals surface area contributed by atoms with Gasteiger partial charge in [-0.05, 0) is 31.0 Å². The van der Waals surface area contributed by atoms with Gasteiger partial charge in [-0.15, -0.1) is 0 Å². The highest BCUT2D eigenvalue weighted by Gasteiger charge is 2.23. The predicted molar refractivity (Wildman–Crippen MR) is 85.7 cm³/mol. The molecule has 0 radical (unpaired) electrons. The first-order chi connectivity index (χ1) is 12.0. The molecule has 2 N–H and O–H groups in total. The Balaban J connectivity index is 1.67. The Bertz CT molecular complexity index is 749. The number of carbonyl (C=O) groups is 1. The quantitative estimate of drug-likeness (QED) is 0.861. The van der Waals surface area contributed by atoms with E-state index in [2.05, 4.69) is 15.0 Å². The average Bonchev–Trinajstić information content (AvgIpc) is 2.61. The number of amides is 1. The van der Waals surface area contributed by atoms with E-state index in [1.807, 2.05) is 0 Å². The van der Waals surface area contributed by atoms with E-state index in [0.29, 0.717) is 29.5 Å². The maximum atomic E-state index is 12.3. The van der Waals surface area contributed by atoms with Gasteiger partial charge >= 0.3 is 6.61 Å². The van der Waals surface area contributed by atoms with Crippen LogP contribution in [-0.4, -0.2) is 48.0 Å². The van der Waals surface area contributed by atoms with Crippen LogP contribution in [0.4, 0.5) is 8.78 Å². The van der Waals surface area contributed by atoms with Crippen LogP contribution in [0.3, 0.4) is 0 Å².